The number of ether oxygens (including phenoxy) is 2. The van der Waals surface area contributed by atoms with Gasteiger partial charge in [0, 0.05) is 17.8 Å². The highest BCUT2D eigenvalue weighted by Crippen LogP contribution is 2.30. The highest BCUT2D eigenvalue weighted by Gasteiger charge is 2.36. The van der Waals surface area contributed by atoms with E-state index in [1.807, 2.05) is 85.7 Å². The maximum atomic E-state index is 12.7. The van der Waals surface area contributed by atoms with Gasteiger partial charge < -0.3 is 9.47 Å². The molecule has 0 bridgehead atoms. The minimum absolute atomic E-state index is 0.123. The van der Waals surface area contributed by atoms with Crippen LogP contribution in [0.5, 0.6) is 0 Å². The van der Waals surface area contributed by atoms with Gasteiger partial charge in [-0.15, -0.1) is 0 Å². The fourth-order valence-electron chi connectivity index (χ4n) is 2.76. The zero-order chi connectivity index (χ0) is 20.8. The lowest BCUT2D eigenvalue weighted by Gasteiger charge is -2.32. The van der Waals surface area contributed by atoms with Gasteiger partial charge in [0.05, 0.1) is 18.6 Å². The second-order valence-electron chi connectivity index (χ2n) is 9.37. The number of benzene rings is 1. The van der Waals surface area contributed by atoms with Crippen LogP contribution in [0.15, 0.2) is 30.3 Å². The number of Topliss-reactive ketones (excluding diaryl/α,β-unsaturated/α-hetero) is 1. The summed E-state index contributed by atoms with van der Waals surface area (Å²) in [6.07, 6.45) is 0.0406. The summed E-state index contributed by atoms with van der Waals surface area (Å²) in [4.78, 5) is 25.3. The van der Waals surface area contributed by atoms with Crippen molar-refractivity contribution in [2.75, 3.05) is 0 Å². The second kappa shape index (κ2) is 9.50. The number of hydrogen-bond donors (Lipinski definition) is 0. The van der Waals surface area contributed by atoms with Crippen LogP contribution >= 0.6 is 0 Å². The molecule has 1 aromatic carbocycles. The summed E-state index contributed by atoms with van der Waals surface area (Å²) < 4.78 is 11.6. The third kappa shape index (κ3) is 8.25. The topological polar surface area (TPSA) is 52.6 Å². The van der Waals surface area contributed by atoms with Gasteiger partial charge in [-0.1, -0.05) is 58.0 Å². The quantitative estimate of drug-likeness (QED) is 0.586. The number of hydrogen-bond acceptors (Lipinski definition) is 4. The summed E-state index contributed by atoms with van der Waals surface area (Å²) in [5, 5.41) is 0. The molecule has 0 unspecified atom stereocenters. The Bertz CT molecular complexity index is 608. The largest absolute Gasteiger partial charge is 0.460 e. The number of ketones is 1. The smallest absolute Gasteiger partial charge is 0.309 e. The average Bonchev–Trinajstić information content (AvgIpc) is 2.55. The molecule has 0 N–H and O–H groups in total. The fraction of sp³-hybridized carbons (Fsp3) is 0.652. The van der Waals surface area contributed by atoms with Gasteiger partial charge in [0.1, 0.15) is 11.4 Å². The molecule has 0 amide bonds. The van der Waals surface area contributed by atoms with Gasteiger partial charge in [0.15, 0.2) is 0 Å². The molecule has 0 saturated carbocycles. The van der Waals surface area contributed by atoms with E-state index in [4.69, 9.17) is 9.47 Å². The van der Waals surface area contributed by atoms with Gasteiger partial charge >= 0.3 is 5.97 Å². The van der Waals surface area contributed by atoms with Crippen molar-refractivity contribution in [3.63, 3.8) is 0 Å². The molecule has 1 aromatic rings. The summed E-state index contributed by atoms with van der Waals surface area (Å²) in [7, 11) is 0. The molecule has 27 heavy (non-hydrogen) atoms. The van der Waals surface area contributed by atoms with Crippen molar-refractivity contribution in [3.8, 4) is 0 Å². The Hall–Kier alpha value is -1.68. The van der Waals surface area contributed by atoms with Crippen LogP contribution in [0, 0.1) is 17.3 Å². The third-order valence-corrected chi connectivity index (χ3v) is 4.64. The predicted octanol–water partition coefficient (Wildman–Crippen LogP) is 5.19. The first-order chi connectivity index (χ1) is 12.3. The Balaban J connectivity index is 2.91. The van der Waals surface area contributed by atoms with Crippen LogP contribution in [0.25, 0.3) is 0 Å². The highest BCUT2D eigenvalue weighted by molar-refractivity contribution is 5.84. The van der Waals surface area contributed by atoms with Crippen molar-refractivity contribution in [1.82, 2.24) is 0 Å². The van der Waals surface area contributed by atoms with E-state index in [0.717, 1.165) is 5.56 Å². The predicted molar refractivity (Wildman–Crippen MR) is 108 cm³/mol. The lowest BCUT2D eigenvalue weighted by atomic mass is 9.79. The first kappa shape index (κ1) is 23.4. The van der Waals surface area contributed by atoms with Crippen molar-refractivity contribution in [1.29, 1.82) is 0 Å². The molecular weight excluding hydrogens is 340 g/mol. The molecule has 4 nitrogen and oxygen atoms in total. The maximum Gasteiger partial charge on any atom is 0.309 e. The Morgan fingerprint density at radius 3 is 2.00 bits per heavy atom. The number of esters is 1. The number of rotatable bonds is 8. The van der Waals surface area contributed by atoms with Gasteiger partial charge in [0.2, 0.25) is 0 Å². The molecule has 1 rings (SSSR count). The summed E-state index contributed by atoms with van der Waals surface area (Å²) in [5.41, 5.74) is 0.0542. The Kier molecular flexibility index (Phi) is 8.22. The van der Waals surface area contributed by atoms with E-state index in [0.29, 0.717) is 13.0 Å². The zero-order valence-electron chi connectivity index (χ0n) is 18.2. The van der Waals surface area contributed by atoms with Gasteiger partial charge in [-0.2, -0.15) is 0 Å². The van der Waals surface area contributed by atoms with Crippen LogP contribution in [0.4, 0.5) is 0 Å². The normalized spacial score (nSPS) is 15.7. The summed E-state index contributed by atoms with van der Waals surface area (Å²) in [6.45, 7) is 15.5. The van der Waals surface area contributed by atoms with Crippen molar-refractivity contribution in [2.24, 2.45) is 17.3 Å². The highest BCUT2D eigenvalue weighted by atomic mass is 16.6. The Morgan fingerprint density at radius 2 is 1.52 bits per heavy atom. The zero-order valence-corrected chi connectivity index (χ0v) is 18.2. The Morgan fingerprint density at radius 1 is 0.963 bits per heavy atom. The molecule has 0 aliphatic rings. The molecule has 0 fully saturated rings. The monoisotopic (exact) mass is 376 g/mol. The van der Waals surface area contributed by atoms with E-state index in [1.54, 1.807) is 0 Å². The van der Waals surface area contributed by atoms with Crippen LogP contribution in [0.2, 0.25) is 0 Å². The van der Waals surface area contributed by atoms with Crippen LogP contribution in [0.1, 0.15) is 67.4 Å². The van der Waals surface area contributed by atoms with Crippen molar-refractivity contribution < 1.29 is 19.1 Å². The van der Waals surface area contributed by atoms with Crippen LogP contribution in [-0.2, 0) is 25.7 Å². The molecule has 0 saturated heterocycles. The minimum Gasteiger partial charge on any atom is -0.460 e. The van der Waals surface area contributed by atoms with Gasteiger partial charge in [-0.05, 0) is 33.3 Å². The molecule has 0 aromatic heterocycles. The minimum atomic E-state index is -0.557. The van der Waals surface area contributed by atoms with E-state index >= 15 is 0 Å². The maximum absolute atomic E-state index is 12.7. The van der Waals surface area contributed by atoms with E-state index in [1.165, 1.54) is 0 Å². The van der Waals surface area contributed by atoms with Crippen LogP contribution < -0.4 is 0 Å². The fourth-order valence-corrected chi connectivity index (χ4v) is 2.76. The summed E-state index contributed by atoms with van der Waals surface area (Å²) in [5.74, 6) is -0.834. The lowest BCUT2D eigenvalue weighted by Crippen LogP contribution is -2.38. The summed E-state index contributed by atoms with van der Waals surface area (Å²) >= 11 is 0. The number of carbonyl (C=O) groups is 2. The standard InChI is InChI=1S/C23H36O4/c1-16(21(25)27-23(6,7)8)19(14-20(24)22(3,4)5)17(2)26-15-18-12-10-9-11-13-18/h9-13,16-17,19H,14-15H2,1-8H3/t16-,17+,19-/m1/s1. The molecule has 0 aliphatic heterocycles. The van der Waals surface area contributed by atoms with Crippen LogP contribution in [-0.4, -0.2) is 23.5 Å². The van der Waals surface area contributed by atoms with E-state index in [9.17, 15) is 9.59 Å². The lowest BCUT2D eigenvalue weighted by molar-refractivity contribution is -0.164. The summed E-state index contributed by atoms with van der Waals surface area (Å²) in [6, 6.07) is 9.89. The van der Waals surface area contributed by atoms with Crippen molar-refractivity contribution >= 4 is 11.8 Å². The average molecular weight is 377 g/mol. The molecule has 152 valence electrons. The SMILES string of the molecule is C[C@H](OCc1ccccc1)[C@H](CC(=O)C(C)(C)C)[C@@H](C)C(=O)OC(C)(C)C. The molecule has 0 spiro atoms. The van der Waals surface area contributed by atoms with Gasteiger partial charge in [0.25, 0.3) is 0 Å². The van der Waals surface area contributed by atoms with E-state index in [2.05, 4.69) is 0 Å². The van der Waals surface area contributed by atoms with E-state index in [-0.39, 0.29) is 23.8 Å². The van der Waals surface area contributed by atoms with E-state index < -0.39 is 16.9 Å². The van der Waals surface area contributed by atoms with Crippen molar-refractivity contribution in [2.45, 2.75) is 80.1 Å². The molecular formula is C23H36O4. The first-order valence-corrected chi connectivity index (χ1v) is 9.73. The van der Waals surface area contributed by atoms with Crippen LogP contribution in [0.3, 0.4) is 0 Å². The number of carbonyl (C=O) groups excluding carboxylic acids is 2. The Labute approximate surface area is 164 Å². The second-order valence-corrected chi connectivity index (χ2v) is 9.37. The molecule has 4 heteroatoms. The van der Waals surface area contributed by atoms with Crippen molar-refractivity contribution in [3.05, 3.63) is 35.9 Å². The molecule has 0 heterocycles. The first-order valence-electron chi connectivity index (χ1n) is 9.73. The van der Waals surface area contributed by atoms with Gasteiger partial charge in [-0.25, -0.2) is 0 Å². The van der Waals surface area contributed by atoms with Gasteiger partial charge in [-0.3, -0.25) is 9.59 Å². The third-order valence-electron chi connectivity index (χ3n) is 4.64. The molecule has 0 aliphatic carbocycles. The molecule has 0 radical (unpaired) electrons. The molecule has 3 atom stereocenters.